The van der Waals surface area contributed by atoms with Crippen LogP contribution in [0, 0.1) is 23.2 Å². The third kappa shape index (κ3) is 2.02. The van der Waals surface area contributed by atoms with E-state index in [0.717, 1.165) is 11.3 Å². The summed E-state index contributed by atoms with van der Waals surface area (Å²) in [4.78, 5) is 0. The van der Waals surface area contributed by atoms with Gasteiger partial charge in [0.2, 0.25) is 0 Å². The zero-order valence-electron chi connectivity index (χ0n) is 6.33. The van der Waals surface area contributed by atoms with Crippen LogP contribution in [-0.4, -0.2) is 0 Å². The summed E-state index contributed by atoms with van der Waals surface area (Å²) in [6, 6.07) is 8.95. The predicted molar refractivity (Wildman–Crippen MR) is 46.7 cm³/mol. The van der Waals surface area contributed by atoms with Crippen LogP contribution >= 0.6 is 0 Å². The van der Waals surface area contributed by atoms with E-state index in [2.05, 4.69) is 17.3 Å². The Kier molecular flexibility index (Phi) is 2.73. The number of nitriles is 1. The average Bonchev–Trinajstić information content (AvgIpc) is 2.15. The largest absolute Gasteiger partial charge is 0.324 e. The molecular weight excluding hydrogens is 150 g/mol. The summed E-state index contributed by atoms with van der Waals surface area (Å²) in [5, 5.41) is 8.19. The Hall–Kier alpha value is -1.97. The summed E-state index contributed by atoms with van der Waals surface area (Å²) >= 11 is 0. The van der Waals surface area contributed by atoms with Crippen LogP contribution in [0.25, 0.3) is 0 Å². The topological polar surface area (TPSA) is 61.8 Å². The van der Waals surface area contributed by atoms with Gasteiger partial charge in [-0.05, 0) is 18.2 Å². The number of hydrazine groups is 1. The van der Waals surface area contributed by atoms with Crippen LogP contribution in [0.3, 0.4) is 0 Å². The number of nitrogens with zero attached hydrogens (tertiary/aromatic N) is 1. The van der Waals surface area contributed by atoms with Crippen LogP contribution < -0.4 is 11.3 Å². The van der Waals surface area contributed by atoms with Crippen molar-refractivity contribution in [1.29, 1.82) is 5.26 Å². The Morgan fingerprint density at radius 2 is 2.25 bits per heavy atom. The number of nitrogen functional groups attached to an aromatic ring is 1. The second kappa shape index (κ2) is 4.02. The molecule has 1 aromatic rings. The Morgan fingerprint density at radius 3 is 2.92 bits per heavy atom. The van der Waals surface area contributed by atoms with Crippen LogP contribution in [0.1, 0.15) is 5.56 Å². The number of hydrogen-bond acceptors (Lipinski definition) is 3. The number of anilines is 1. The second-order valence-electron chi connectivity index (χ2n) is 2.09. The third-order valence-corrected chi connectivity index (χ3v) is 1.29. The van der Waals surface area contributed by atoms with Crippen molar-refractivity contribution in [2.24, 2.45) is 5.84 Å². The fraction of sp³-hybridized carbons (Fsp3) is 0. The van der Waals surface area contributed by atoms with Gasteiger partial charge in [0.05, 0.1) is 0 Å². The van der Waals surface area contributed by atoms with E-state index in [9.17, 15) is 0 Å². The third-order valence-electron chi connectivity index (χ3n) is 1.29. The summed E-state index contributed by atoms with van der Waals surface area (Å²) in [5.74, 6) is 10.1. The van der Waals surface area contributed by atoms with Gasteiger partial charge >= 0.3 is 0 Å². The SMILES string of the molecule is N#CC#Cc1cccc(NN)c1. The average molecular weight is 157 g/mol. The fourth-order valence-corrected chi connectivity index (χ4v) is 0.787. The van der Waals surface area contributed by atoms with Crippen LogP contribution in [0.4, 0.5) is 5.69 Å². The zero-order chi connectivity index (χ0) is 8.81. The van der Waals surface area contributed by atoms with Gasteiger partial charge in [-0.1, -0.05) is 12.0 Å². The molecule has 3 heteroatoms. The fourth-order valence-electron chi connectivity index (χ4n) is 0.787. The van der Waals surface area contributed by atoms with Gasteiger partial charge in [0, 0.05) is 17.2 Å². The Bertz CT molecular complexity index is 365. The zero-order valence-corrected chi connectivity index (χ0v) is 6.33. The highest BCUT2D eigenvalue weighted by molar-refractivity contribution is 5.50. The van der Waals surface area contributed by atoms with Gasteiger partial charge < -0.3 is 5.43 Å². The highest BCUT2D eigenvalue weighted by atomic mass is 15.2. The minimum absolute atomic E-state index is 0.770. The lowest BCUT2D eigenvalue weighted by Gasteiger charge is -1.97. The minimum atomic E-state index is 0.770. The quantitative estimate of drug-likeness (QED) is 0.361. The monoisotopic (exact) mass is 157 g/mol. The van der Waals surface area contributed by atoms with Gasteiger partial charge in [-0.3, -0.25) is 5.84 Å². The lowest BCUT2D eigenvalue weighted by atomic mass is 10.2. The summed E-state index contributed by atoms with van der Waals surface area (Å²) in [5.41, 5.74) is 4.04. The molecule has 0 heterocycles. The van der Waals surface area contributed by atoms with Gasteiger partial charge in [-0.15, -0.1) is 0 Å². The smallest absolute Gasteiger partial charge is 0.152 e. The molecule has 0 atom stereocenters. The number of benzene rings is 1. The van der Waals surface area contributed by atoms with Gasteiger partial charge in [0.15, 0.2) is 6.07 Å². The van der Waals surface area contributed by atoms with Crippen LogP contribution in [0.2, 0.25) is 0 Å². The van der Waals surface area contributed by atoms with E-state index in [1.54, 1.807) is 12.1 Å². The maximum absolute atomic E-state index is 8.19. The van der Waals surface area contributed by atoms with Crippen molar-refractivity contribution in [2.45, 2.75) is 0 Å². The van der Waals surface area contributed by atoms with Crippen molar-refractivity contribution < 1.29 is 0 Å². The van der Waals surface area contributed by atoms with Gasteiger partial charge in [-0.25, -0.2) is 0 Å². The molecule has 3 N–H and O–H groups in total. The van der Waals surface area contributed by atoms with E-state index >= 15 is 0 Å². The molecule has 58 valence electrons. The van der Waals surface area contributed by atoms with Gasteiger partial charge in [-0.2, -0.15) is 5.26 Å². The normalized spacial score (nSPS) is 7.67. The van der Waals surface area contributed by atoms with E-state index < -0.39 is 0 Å². The van der Waals surface area contributed by atoms with E-state index in [0.29, 0.717) is 0 Å². The number of nitrogens with one attached hydrogen (secondary N) is 1. The molecule has 1 rings (SSSR count). The summed E-state index contributed by atoms with van der Waals surface area (Å²) in [6.45, 7) is 0. The summed E-state index contributed by atoms with van der Waals surface area (Å²) in [7, 11) is 0. The van der Waals surface area contributed by atoms with Crippen molar-refractivity contribution in [3.63, 3.8) is 0 Å². The molecule has 0 saturated carbocycles. The van der Waals surface area contributed by atoms with Crippen LogP contribution in [0.15, 0.2) is 24.3 Å². The molecule has 12 heavy (non-hydrogen) atoms. The van der Waals surface area contributed by atoms with Gasteiger partial charge in [0.1, 0.15) is 0 Å². The first-order valence-electron chi connectivity index (χ1n) is 3.33. The summed E-state index contributed by atoms with van der Waals surface area (Å²) in [6.07, 6.45) is 0. The van der Waals surface area contributed by atoms with Crippen molar-refractivity contribution in [3.8, 4) is 17.9 Å². The van der Waals surface area contributed by atoms with Crippen LogP contribution in [0.5, 0.6) is 0 Å². The highest BCUT2D eigenvalue weighted by Gasteiger charge is 1.88. The lowest BCUT2D eigenvalue weighted by molar-refractivity contribution is 1.35. The minimum Gasteiger partial charge on any atom is -0.324 e. The lowest BCUT2D eigenvalue weighted by Crippen LogP contribution is -2.06. The molecule has 1 aromatic carbocycles. The molecule has 0 aliphatic rings. The first-order chi connectivity index (χ1) is 5.86. The molecule has 0 fully saturated rings. The first-order valence-corrected chi connectivity index (χ1v) is 3.33. The van der Waals surface area contributed by atoms with E-state index in [-0.39, 0.29) is 0 Å². The molecule has 0 aliphatic carbocycles. The first kappa shape index (κ1) is 8.13. The molecular formula is C9H7N3. The Balaban J connectivity index is 2.96. The number of nitrogens with two attached hydrogens (primary N) is 1. The predicted octanol–water partition coefficient (Wildman–Crippen LogP) is 0.847. The second-order valence-corrected chi connectivity index (χ2v) is 2.09. The molecule has 0 unspecified atom stereocenters. The van der Waals surface area contributed by atoms with Crippen molar-refractivity contribution in [2.75, 3.05) is 5.43 Å². The highest BCUT2D eigenvalue weighted by Crippen LogP contribution is 2.07. The Labute approximate surface area is 70.8 Å². The standard InChI is InChI=1S/C9H7N3/c10-6-2-4-8-3-1-5-9(7-8)12-11/h1,3,5,7,12H,11H2. The number of rotatable bonds is 1. The molecule has 3 nitrogen and oxygen atoms in total. The van der Waals surface area contributed by atoms with Crippen LogP contribution in [-0.2, 0) is 0 Å². The molecule has 0 radical (unpaired) electrons. The molecule has 0 amide bonds. The Morgan fingerprint density at radius 1 is 1.42 bits per heavy atom. The molecule has 0 aliphatic heterocycles. The maximum atomic E-state index is 8.19. The number of hydrogen-bond donors (Lipinski definition) is 2. The molecule has 0 spiro atoms. The van der Waals surface area contributed by atoms with Crippen molar-refractivity contribution in [1.82, 2.24) is 0 Å². The van der Waals surface area contributed by atoms with E-state index in [4.69, 9.17) is 11.1 Å². The molecule has 0 bridgehead atoms. The van der Waals surface area contributed by atoms with Gasteiger partial charge in [0.25, 0.3) is 0 Å². The summed E-state index contributed by atoms with van der Waals surface area (Å²) < 4.78 is 0. The molecule has 0 saturated heterocycles. The molecule has 0 aromatic heterocycles. The maximum Gasteiger partial charge on any atom is 0.152 e. The van der Waals surface area contributed by atoms with Crippen molar-refractivity contribution in [3.05, 3.63) is 29.8 Å². The van der Waals surface area contributed by atoms with Crippen molar-refractivity contribution >= 4 is 5.69 Å². The van der Waals surface area contributed by atoms with E-state index in [1.165, 1.54) is 0 Å². The van der Waals surface area contributed by atoms with E-state index in [1.807, 2.05) is 18.2 Å².